The van der Waals surface area contributed by atoms with E-state index in [0.717, 1.165) is 25.7 Å². The van der Waals surface area contributed by atoms with E-state index in [4.69, 9.17) is 0 Å². The van der Waals surface area contributed by atoms with Crippen LogP contribution in [0.2, 0.25) is 0 Å². The summed E-state index contributed by atoms with van der Waals surface area (Å²) in [6.07, 6.45) is 28.1. The summed E-state index contributed by atoms with van der Waals surface area (Å²) in [5.41, 5.74) is 0. The van der Waals surface area contributed by atoms with E-state index in [9.17, 15) is 19.8 Å². The molecule has 0 spiro atoms. The second-order valence-corrected chi connectivity index (χ2v) is 9.32. The Morgan fingerprint density at radius 1 is 0.394 bits per heavy atom. The van der Waals surface area contributed by atoms with Gasteiger partial charge in [-0.05, 0) is 25.7 Å². The van der Waals surface area contributed by atoms with Crippen LogP contribution in [-0.2, 0) is 9.59 Å². The van der Waals surface area contributed by atoms with Crippen LogP contribution in [0.5, 0.6) is 0 Å². The first-order chi connectivity index (χ1) is 15.5. The maximum Gasteiger partial charge on any atom is 2.00 e. The molecule has 4 nitrogen and oxygen atoms in total. The third-order valence-electron chi connectivity index (χ3n) is 5.97. The fourth-order valence-corrected chi connectivity index (χ4v) is 3.87. The molecule has 0 aliphatic heterocycles. The van der Waals surface area contributed by atoms with Crippen molar-refractivity contribution in [2.24, 2.45) is 0 Å². The van der Waals surface area contributed by atoms with Gasteiger partial charge in [-0.2, -0.15) is 0 Å². The van der Waals surface area contributed by atoms with Gasteiger partial charge in [0, 0.05) is 11.9 Å². The molecule has 0 aromatic rings. The smallest absolute Gasteiger partial charge is 0.550 e. The Hall–Kier alpha value is 0.511. The number of aliphatic carboxylic acids is 2. The zero-order valence-electron chi connectivity index (χ0n) is 22.3. The van der Waals surface area contributed by atoms with Crippen molar-refractivity contribution in [3.05, 3.63) is 0 Å². The summed E-state index contributed by atoms with van der Waals surface area (Å²) >= 11 is 0. The van der Waals surface area contributed by atoms with Gasteiger partial charge in [0.2, 0.25) is 0 Å². The molecule has 0 N–H and O–H groups in total. The van der Waals surface area contributed by atoms with Crippen molar-refractivity contribution in [3.63, 3.8) is 0 Å². The predicted octanol–water partition coefficient (Wildman–Crippen LogP) is 6.49. The van der Waals surface area contributed by atoms with Gasteiger partial charge in [-0.25, -0.2) is 0 Å². The molecule has 0 atom stereocenters. The van der Waals surface area contributed by atoms with Crippen molar-refractivity contribution in [1.82, 2.24) is 0 Å². The first kappa shape index (κ1) is 38.0. The summed E-state index contributed by atoms with van der Waals surface area (Å²) in [4.78, 5) is 20.3. The van der Waals surface area contributed by atoms with Gasteiger partial charge in [-0.3, -0.25) is 0 Å². The van der Waals surface area contributed by atoms with Crippen molar-refractivity contribution in [2.45, 2.75) is 168 Å². The van der Waals surface area contributed by atoms with E-state index >= 15 is 0 Å². The molecule has 0 amide bonds. The van der Waals surface area contributed by atoms with Gasteiger partial charge in [0.25, 0.3) is 0 Å². The Bertz CT molecular complexity index is 352. The molecule has 0 aliphatic rings. The molecule has 0 bridgehead atoms. The molecule has 0 rings (SSSR count). The number of carbonyl (C=O) groups is 2. The molecule has 0 unspecified atom stereocenters. The van der Waals surface area contributed by atoms with Gasteiger partial charge < -0.3 is 19.8 Å². The SMILES string of the molecule is CCCCCCCCCCCCCC(=O)[O-].CCCCCCCCCCCCCC(=O)[O-].[Ba+2]. The minimum Gasteiger partial charge on any atom is -0.550 e. The number of carbonyl (C=O) groups excluding carboxylic acids is 2. The van der Waals surface area contributed by atoms with Crippen molar-refractivity contribution in [1.29, 1.82) is 0 Å². The van der Waals surface area contributed by atoms with Crippen molar-refractivity contribution in [2.75, 3.05) is 0 Å². The molecule has 0 radical (unpaired) electrons. The van der Waals surface area contributed by atoms with Crippen LogP contribution in [0.3, 0.4) is 0 Å². The van der Waals surface area contributed by atoms with Crippen LogP contribution in [0.1, 0.15) is 168 Å². The van der Waals surface area contributed by atoms with Crippen molar-refractivity contribution >= 4 is 60.8 Å². The fourth-order valence-electron chi connectivity index (χ4n) is 3.87. The Labute approximate surface area is 246 Å². The fraction of sp³-hybridized carbons (Fsp3) is 0.929. The average Bonchev–Trinajstić information content (AvgIpc) is 2.76. The van der Waals surface area contributed by atoms with E-state index < -0.39 is 11.9 Å². The van der Waals surface area contributed by atoms with Gasteiger partial charge in [-0.15, -0.1) is 0 Å². The standard InChI is InChI=1S/2C14H28O2.Ba/c2*1-2-3-4-5-6-7-8-9-10-11-12-13-14(15)16;/h2*2-13H2,1H3,(H,15,16);/q;;+2/p-2. The van der Waals surface area contributed by atoms with Crippen LogP contribution >= 0.6 is 0 Å². The largest absolute Gasteiger partial charge is 2.00 e. The maximum atomic E-state index is 10.1. The summed E-state index contributed by atoms with van der Waals surface area (Å²) in [5.74, 6) is -1.81. The molecular weight excluding hydrogens is 538 g/mol. The van der Waals surface area contributed by atoms with Gasteiger partial charge in [0.1, 0.15) is 0 Å². The first-order valence-electron chi connectivity index (χ1n) is 13.9. The number of hydrogen-bond acceptors (Lipinski definition) is 4. The Kier molecular flexibility index (Phi) is 40.0. The van der Waals surface area contributed by atoms with Crippen LogP contribution < -0.4 is 10.2 Å². The van der Waals surface area contributed by atoms with E-state index in [1.807, 2.05) is 0 Å². The van der Waals surface area contributed by atoms with E-state index in [2.05, 4.69) is 13.8 Å². The minimum absolute atomic E-state index is 0. The average molecular weight is 592 g/mol. The summed E-state index contributed by atoms with van der Waals surface area (Å²) in [5, 5.41) is 20.3. The number of hydrogen-bond donors (Lipinski definition) is 0. The van der Waals surface area contributed by atoms with Gasteiger partial charge in [-0.1, -0.05) is 142 Å². The maximum absolute atomic E-state index is 10.1. The predicted molar refractivity (Wildman–Crippen MR) is 138 cm³/mol. The molecule has 5 heteroatoms. The van der Waals surface area contributed by atoms with E-state index in [1.165, 1.54) is 116 Å². The third-order valence-corrected chi connectivity index (χ3v) is 5.97. The quantitative estimate of drug-likeness (QED) is 0.0949. The molecule has 0 aromatic heterocycles. The number of rotatable bonds is 24. The Morgan fingerprint density at radius 2 is 0.576 bits per heavy atom. The Morgan fingerprint density at radius 3 is 0.758 bits per heavy atom. The molecule has 0 saturated heterocycles. The normalized spacial score (nSPS) is 10.2. The van der Waals surface area contributed by atoms with E-state index in [-0.39, 0.29) is 61.7 Å². The molecule has 0 aromatic carbocycles. The van der Waals surface area contributed by atoms with E-state index in [0.29, 0.717) is 0 Å². The zero-order valence-corrected chi connectivity index (χ0v) is 26.8. The van der Waals surface area contributed by atoms with Crippen LogP contribution in [0.15, 0.2) is 0 Å². The van der Waals surface area contributed by atoms with Crippen LogP contribution in [0.4, 0.5) is 0 Å². The monoisotopic (exact) mass is 592 g/mol. The van der Waals surface area contributed by atoms with Gasteiger partial charge in [0.05, 0.1) is 0 Å². The summed E-state index contributed by atoms with van der Waals surface area (Å²) in [7, 11) is 0. The third kappa shape index (κ3) is 43.1. The molecule has 0 heterocycles. The summed E-state index contributed by atoms with van der Waals surface area (Å²) in [6, 6.07) is 0. The number of unbranched alkanes of at least 4 members (excludes halogenated alkanes) is 20. The zero-order chi connectivity index (χ0) is 24.1. The molecule has 0 saturated carbocycles. The second-order valence-electron chi connectivity index (χ2n) is 9.32. The van der Waals surface area contributed by atoms with Gasteiger partial charge >= 0.3 is 48.9 Å². The Balaban J connectivity index is -0.000000529. The minimum atomic E-state index is -0.907. The van der Waals surface area contributed by atoms with Crippen LogP contribution in [0, 0.1) is 0 Å². The summed E-state index contributed by atoms with van der Waals surface area (Å²) in [6.45, 7) is 4.49. The number of carboxylic acid groups (broad SMARTS) is 2. The van der Waals surface area contributed by atoms with Crippen LogP contribution in [0.25, 0.3) is 0 Å². The molecule has 0 fully saturated rings. The number of carboxylic acids is 2. The topological polar surface area (TPSA) is 80.3 Å². The van der Waals surface area contributed by atoms with Crippen molar-refractivity contribution < 1.29 is 19.8 Å². The van der Waals surface area contributed by atoms with Crippen LogP contribution in [-0.4, -0.2) is 60.8 Å². The summed E-state index contributed by atoms with van der Waals surface area (Å²) < 4.78 is 0. The van der Waals surface area contributed by atoms with E-state index in [1.54, 1.807) is 0 Å². The second kappa shape index (κ2) is 34.7. The first-order valence-corrected chi connectivity index (χ1v) is 13.9. The molecular formula is C28H54BaO4. The molecule has 33 heavy (non-hydrogen) atoms. The van der Waals surface area contributed by atoms with Gasteiger partial charge in [0.15, 0.2) is 0 Å². The molecule has 0 aliphatic carbocycles. The van der Waals surface area contributed by atoms with Crippen molar-refractivity contribution in [3.8, 4) is 0 Å². The molecule has 192 valence electrons.